The molecule has 2 heterocycles. The summed E-state index contributed by atoms with van der Waals surface area (Å²) in [6.45, 7) is 6.11. The number of nitrogens with one attached hydrogen (secondary N) is 3. The fraction of sp³-hybridized carbons (Fsp3) is 0.500. The first kappa shape index (κ1) is 26.8. The highest BCUT2D eigenvalue weighted by molar-refractivity contribution is 6.01. The van der Waals surface area contributed by atoms with Crippen molar-refractivity contribution in [2.45, 2.75) is 58.2 Å². The van der Waals surface area contributed by atoms with E-state index in [2.05, 4.69) is 21.0 Å². The number of aryl methyl sites for hydroxylation is 2. The lowest BCUT2D eigenvalue weighted by Crippen LogP contribution is -2.65. The Morgan fingerprint density at radius 3 is 2.47 bits per heavy atom. The lowest BCUT2D eigenvalue weighted by Gasteiger charge is -2.37. The molecule has 0 radical (unpaired) electrons. The molecule has 1 aliphatic rings. The number of esters is 1. The number of nitro groups is 1. The van der Waals surface area contributed by atoms with Crippen LogP contribution in [0.4, 0.5) is 5.69 Å². The molecule has 1 atom stereocenters. The summed E-state index contributed by atoms with van der Waals surface area (Å²) >= 11 is 0. The number of piperidine rings is 1. The maximum Gasteiger partial charge on any atom is 0.328 e. The molecule has 0 saturated carbocycles. The number of aromatic nitrogens is 2. The van der Waals surface area contributed by atoms with Crippen LogP contribution in [-0.4, -0.2) is 63.8 Å². The molecule has 1 aromatic carbocycles. The van der Waals surface area contributed by atoms with E-state index in [1.165, 1.54) is 11.6 Å². The van der Waals surface area contributed by atoms with Crippen LogP contribution in [0.3, 0.4) is 0 Å². The molecule has 36 heavy (non-hydrogen) atoms. The lowest BCUT2D eigenvalue weighted by atomic mass is 9.86. The van der Waals surface area contributed by atoms with Crippen molar-refractivity contribution in [1.29, 1.82) is 0 Å². The van der Waals surface area contributed by atoms with Gasteiger partial charge in [-0.15, -0.1) is 0 Å². The molecule has 12 heteroatoms. The molecule has 3 N–H and O–H groups in total. The predicted octanol–water partition coefficient (Wildman–Crippen LogP) is 1.26. The topological polar surface area (TPSA) is 157 Å². The second-order valence-electron chi connectivity index (χ2n) is 8.61. The molecule has 1 saturated heterocycles. The number of ether oxygens (including phenoxy) is 1. The zero-order valence-corrected chi connectivity index (χ0v) is 20.7. The third kappa shape index (κ3) is 5.88. The molecule has 12 nitrogen and oxygen atoms in total. The van der Waals surface area contributed by atoms with Crippen molar-refractivity contribution in [3.05, 3.63) is 57.4 Å². The minimum Gasteiger partial charge on any atom is -0.464 e. The highest BCUT2D eigenvalue weighted by Gasteiger charge is 2.44. The fourth-order valence-electron chi connectivity index (χ4n) is 4.37. The SMILES string of the molecule is CCOC(=O)C(Cc1ccccc1)NC(=O)C1(NC(=O)c2c([N+](=O)[O-])c(C)nn2CC)CCNCC1. The Hall–Kier alpha value is -3.80. The Bertz CT molecular complexity index is 1110. The van der Waals surface area contributed by atoms with Gasteiger partial charge in [-0.3, -0.25) is 24.4 Å². The Morgan fingerprint density at radius 2 is 1.89 bits per heavy atom. The lowest BCUT2D eigenvalue weighted by molar-refractivity contribution is -0.385. The summed E-state index contributed by atoms with van der Waals surface area (Å²) in [5.41, 5.74) is -1.04. The summed E-state index contributed by atoms with van der Waals surface area (Å²) in [7, 11) is 0. The molecule has 3 rings (SSSR count). The Kier molecular flexibility index (Phi) is 8.75. The zero-order chi connectivity index (χ0) is 26.3. The summed E-state index contributed by atoms with van der Waals surface area (Å²) < 4.78 is 6.44. The van der Waals surface area contributed by atoms with E-state index in [0.29, 0.717) is 13.1 Å². The summed E-state index contributed by atoms with van der Waals surface area (Å²) in [4.78, 5) is 50.8. The van der Waals surface area contributed by atoms with E-state index < -0.39 is 40.0 Å². The van der Waals surface area contributed by atoms with Gasteiger partial charge in [0.2, 0.25) is 11.6 Å². The van der Waals surface area contributed by atoms with Crippen LogP contribution in [0.15, 0.2) is 30.3 Å². The van der Waals surface area contributed by atoms with Gasteiger partial charge in [-0.25, -0.2) is 4.79 Å². The fourth-order valence-corrected chi connectivity index (χ4v) is 4.37. The van der Waals surface area contributed by atoms with Gasteiger partial charge in [-0.05, 0) is 52.3 Å². The molecule has 2 aromatic rings. The molecule has 194 valence electrons. The van der Waals surface area contributed by atoms with Crippen molar-refractivity contribution in [3.63, 3.8) is 0 Å². The zero-order valence-electron chi connectivity index (χ0n) is 20.7. The van der Waals surface area contributed by atoms with Gasteiger partial charge in [0.1, 0.15) is 17.3 Å². The number of benzene rings is 1. The van der Waals surface area contributed by atoms with E-state index >= 15 is 0 Å². The summed E-state index contributed by atoms with van der Waals surface area (Å²) in [6, 6.07) is 8.23. The van der Waals surface area contributed by atoms with Gasteiger partial charge in [-0.2, -0.15) is 5.10 Å². The summed E-state index contributed by atoms with van der Waals surface area (Å²) in [6.07, 6.45) is 0.679. The first-order valence-electron chi connectivity index (χ1n) is 12.0. The van der Waals surface area contributed by atoms with Crippen molar-refractivity contribution in [1.82, 2.24) is 25.7 Å². The van der Waals surface area contributed by atoms with Gasteiger partial charge < -0.3 is 20.7 Å². The molecule has 2 amide bonds. The van der Waals surface area contributed by atoms with Crippen molar-refractivity contribution in [2.75, 3.05) is 19.7 Å². The largest absolute Gasteiger partial charge is 0.464 e. The number of amides is 2. The van der Waals surface area contributed by atoms with Gasteiger partial charge in [0.25, 0.3) is 5.91 Å². The standard InChI is InChI=1S/C24H32N6O6/c1-4-29-20(19(30(34)35)16(3)28-29)21(31)27-24(11-13-25-14-12-24)23(33)26-18(22(32)36-5-2)15-17-9-7-6-8-10-17/h6-10,18,25H,4-5,11-15H2,1-3H3,(H,26,33)(H,27,31). The van der Waals surface area contributed by atoms with Crippen LogP contribution in [0.25, 0.3) is 0 Å². The Morgan fingerprint density at radius 1 is 1.22 bits per heavy atom. The minimum absolute atomic E-state index is 0.112. The second-order valence-corrected chi connectivity index (χ2v) is 8.61. The average Bonchev–Trinajstić information content (AvgIpc) is 3.21. The Labute approximate surface area is 208 Å². The summed E-state index contributed by atoms with van der Waals surface area (Å²) in [5.74, 6) is -1.90. The number of hydrogen-bond acceptors (Lipinski definition) is 8. The third-order valence-electron chi connectivity index (χ3n) is 6.20. The van der Waals surface area contributed by atoms with E-state index in [0.717, 1.165) is 5.56 Å². The van der Waals surface area contributed by atoms with Crippen molar-refractivity contribution in [3.8, 4) is 0 Å². The van der Waals surface area contributed by atoms with Gasteiger partial charge in [-0.1, -0.05) is 30.3 Å². The normalized spacial score (nSPS) is 15.5. The van der Waals surface area contributed by atoms with Crippen LogP contribution in [0.2, 0.25) is 0 Å². The molecule has 0 spiro atoms. The molecule has 1 aromatic heterocycles. The van der Waals surface area contributed by atoms with Crippen LogP contribution in [-0.2, 0) is 27.3 Å². The van der Waals surface area contributed by atoms with Crippen LogP contribution in [0.5, 0.6) is 0 Å². The summed E-state index contributed by atoms with van der Waals surface area (Å²) in [5, 5.41) is 24.5. The number of rotatable bonds is 10. The predicted molar refractivity (Wildman–Crippen MR) is 130 cm³/mol. The average molecular weight is 501 g/mol. The smallest absolute Gasteiger partial charge is 0.328 e. The maximum absolute atomic E-state index is 13.7. The Balaban J connectivity index is 1.90. The van der Waals surface area contributed by atoms with E-state index in [1.54, 1.807) is 13.8 Å². The molecule has 1 unspecified atom stereocenters. The van der Waals surface area contributed by atoms with Gasteiger partial charge in [0, 0.05) is 13.0 Å². The quantitative estimate of drug-likeness (QED) is 0.250. The van der Waals surface area contributed by atoms with Gasteiger partial charge in [0.15, 0.2) is 0 Å². The van der Waals surface area contributed by atoms with Crippen LogP contribution < -0.4 is 16.0 Å². The van der Waals surface area contributed by atoms with Gasteiger partial charge in [0.05, 0.1) is 11.5 Å². The van der Waals surface area contributed by atoms with E-state index in [9.17, 15) is 24.5 Å². The van der Waals surface area contributed by atoms with E-state index in [-0.39, 0.29) is 43.8 Å². The van der Waals surface area contributed by atoms with E-state index in [4.69, 9.17) is 4.74 Å². The molecular formula is C24H32N6O6. The third-order valence-corrected chi connectivity index (χ3v) is 6.20. The first-order chi connectivity index (χ1) is 17.2. The number of nitrogens with zero attached hydrogens (tertiary/aromatic N) is 3. The maximum atomic E-state index is 13.7. The van der Waals surface area contributed by atoms with Crippen LogP contribution in [0.1, 0.15) is 48.4 Å². The monoisotopic (exact) mass is 500 g/mol. The molecule has 0 aliphatic carbocycles. The molecule has 1 aliphatic heterocycles. The van der Waals surface area contributed by atoms with Crippen molar-refractivity contribution >= 4 is 23.5 Å². The van der Waals surface area contributed by atoms with Gasteiger partial charge >= 0.3 is 11.7 Å². The second kappa shape index (κ2) is 11.8. The molecular weight excluding hydrogens is 468 g/mol. The van der Waals surface area contributed by atoms with Crippen molar-refractivity contribution < 1.29 is 24.0 Å². The van der Waals surface area contributed by atoms with Crippen molar-refractivity contribution in [2.24, 2.45) is 0 Å². The first-order valence-corrected chi connectivity index (χ1v) is 12.0. The molecule has 1 fully saturated rings. The number of carbonyl (C=O) groups is 3. The molecule has 0 bridgehead atoms. The van der Waals surface area contributed by atoms with E-state index in [1.807, 2.05) is 30.3 Å². The number of hydrogen-bond donors (Lipinski definition) is 3. The highest BCUT2D eigenvalue weighted by Crippen LogP contribution is 2.26. The number of carbonyl (C=O) groups excluding carboxylic acids is 3. The highest BCUT2D eigenvalue weighted by atomic mass is 16.6. The minimum atomic E-state index is -1.38. The van der Waals surface area contributed by atoms with Crippen LogP contribution >= 0.6 is 0 Å². The van der Waals surface area contributed by atoms with Crippen LogP contribution in [0, 0.1) is 17.0 Å².